The van der Waals surface area contributed by atoms with E-state index in [1.165, 1.54) is 0 Å². The molecule has 1 aliphatic heterocycles. The van der Waals surface area contributed by atoms with E-state index in [0.29, 0.717) is 31.2 Å². The summed E-state index contributed by atoms with van der Waals surface area (Å²) in [5.41, 5.74) is 2.71. The molecular weight excluding hydrogens is 538 g/mol. The minimum atomic E-state index is -0.787. The van der Waals surface area contributed by atoms with Crippen LogP contribution in [0.15, 0.2) is 36.2 Å². The zero-order valence-electron chi connectivity index (χ0n) is 24.7. The summed E-state index contributed by atoms with van der Waals surface area (Å²) in [5, 5.41) is 7.16. The van der Waals surface area contributed by atoms with E-state index in [4.69, 9.17) is 24.2 Å². The molecule has 1 saturated heterocycles. The van der Waals surface area contributed by atoms with Crippen LogP contribution in [0.1, 0.15) is 57.7 Å². The van der Waals surface area contributed by atoms with Crippen molar-refractivity contribution in [1.29, 1.82) is 0 Å². The summed E-state index contributed by atoms with van der Waals surface area (Å²) in [6.07, 6.45) is 2.25. The number of pyridine rings is 1. The average Bonchev–Trinajstić information content (AvgIpc) is 3.25. The monoisotopic (exact) mass is 577 g/mol. The lowest BCUT2D eigenvalue weighted by molar-refractivity contribution is -0.152. The number of rotatable bonds is 11. The predicted molar refractivity (Wildman–Crippen MR) is 161 cm³/mol. The summed E-state index contributed by atoms with van der Waals surface area (Å²) in [7, 11) is 1.65. The maximum absolute atomic E-state index is 13.5. The van der Waals surface area contributed by atoms with Gasteiger partial charge in [0.1, 0.15) is 28.3 Å². The molecule has 1 N–H and O–H groups in total. The lowest BCUT2D eigenvalue weighted by Crippen LogP contribution is -2.38. The van der Waals surface area contributed by atoms with Crippen LogP contribution < -0.4 is 14.8 Å². The number of methoxy groups -OCH3 is 1. The standard InChI is InChI=1S/C32H39N3O5S/c1-8-20-13-32(20,31(37)39-9-2)14-24(36)29-19(6)27(15-33-29)40-26-12-22(30-35-23(16-41-30)17(3)4)34-28-18(5)25(38-7)11-10-21(26)28/h8,10-12,16-17,19-20,27,29,33H,1,9,13-15H2,2-7H3/t19-,20-,27+,29+,32-/m1/s1. The molecule has 0 radical (unpaired) electrons. The van der Waals surface area contributed by atoms with Gasteiger partial charge >= 0.3 is 5.97 Å². The van der Waals surface area contributed by atoms with E-state index in [9.17, 15) is 9.59 Å². The summed E-state index contributed by atoms with van der Waals surface area (Å²) in [6.45, 7) is 14.7. The topological polar surface area (TPSA) is 99.6 Å². The normalized spacial score (nSPS) is 25.3. The van der Waals surface area contributed by atoms with Gasteiger partial charge in [-0.3, -0.25) is 9.59 Å². The first-order valence-electron chi connectivity index (χ1n) is 14.3. The second kappa shape index (κ2) is 11.5. The fraction of sp³-hybridized carbons (Fsp3) is 0.500. The summed E-state index contributed by atoms with van der Waals surface area (Å²) in [5.74, 6) is 1.33. The number of ether oxygens (including phenoxy) is 3. The summed E-state index contributed by atoms with van der Waals surface area (Å²) < 4.78 is 17.6. The van der Waals surface area contributed by atoms with Crippen molar-refractivity contribution in [3.05, 3.63) is 47.5 Å². The first kappa shape index (κ1) is 29.2. The summed E-state index contributed by atoms with van der Waals surface area (Å²) >= 11 is 1.57. The Morgan fingerprint density at radius 1 is 1.27 bits per heavy atom. The number of esters is 1. The first-order valence-corrected chi connectivity index (χ1v) is 15.2. The smallest absolute Gasteiger partial charge is 0.313 e. The fourth-order valence-corrected chi connectivity index (χ4v) is 6.81. The van der Waals surface area contributed by atoms with Crippen molar-refractivity contribution in [3.8, 4) is 22.2 Å². The molecule has 1 saturated carbocycles. The molecule has 5 rings (SSSR count). The molecule has 8 nitrogen and oxygen atoms in total. The Labute approximate surface area is 245 Å². The Morgan fingerprint density at radius 3 is 2.68 bits per heavy atom. The maximum Gasteiger partial charge on any atom is 0.313 e. The van der Waals surface area contributed by atoms with Gasteiger partial charge in [0.15, 0.2) is 5.78 Å². The van der Waals surface area contributed by atoms with Gasteiger partial charge in [-0.15, -0.1) is 17.9 Å². The Balaban J connectivity index is 1.42. The van der Waals surface area contributed by atoms with Gasteiger partial charge in [0.25, 0.3) is 0 Å². The Hall–Kier alpha value is -3.30. The van der Waals surface area contributed by atoms with Crippen LogP contribution in [0.3, 0.4) is 0 Å². The van der Waals surface area contributed by atoms with Gasteiger partial charge in [-0.2, -0.15) is 0 Å². The number of nitrogens with zero attached hydrogens (tertiary/aromatic N) is 2. The lowest BCUT2D eigenvalue weighted by Gasteiger charge is -2.23. The van der Waals surface area contributed by atoms with Gasteiger partial charge < -0.3 is 19.5 Å². The quantitative estimate of drug-likeness (QED) is 0.223. The SMILES string of the molecule is C=C[C@@H]1C[C@]1(CC(=O)[C@H]1NC[C@H](Oc2cc(-c3nc(C(C)C)cs3)nc3c(C)c(OC)ccc23)[C@H]1C)C(=O)OCC. The van der Waals surface area contributed by atoms with Gasteiger partial charge in [0.2, 0.25) is 0 Å². The number of allylic oxidation sites excluding steroid dienone is 1. The number of carbonyl (C=O) groups is 2. The maximum atomic E-state index is 13.5. The molecule has 0 amide bonds. The van der Waals surface area contributed by atoms with Gasteiger partial charge in [0, 0.05) is 41.3 Å². The van der Waals surface area contributed by atoms with E-state index in [1.807, 2.05) is 32.0 Å². The largest absolute Gasteiger partial charge is 0.496 e. The van der Waals surface area contributed by atoms with Crippen molar-refractivity contribution < 1.29 is 23.8 Å². The highest BCUT2D eigenvalue weighted by Gasteiger charge is 2.61. The molecule has 2 aromatic heterocycles. The molecule has 2 aliphatic rings. The van der Waals surface area contributed by atoms with E-state index in [0.717, 1.165) is 38.6 Å². The molecule has 218 valence electrons. The van der Waals surface area contributed by atoms with E-state index < -0.39 is 11.5 Å². The van der Waals surface area contributed by atoms with Crippen LogP contribution in [0.4, 0.5) is 0 Å². The third-order valence-electron chi connectivity index (χ3n) is 8.57. The third kappa shape index (κ3) is 5.37. The Kier molecular flexibility index (Phi) is 8.21. The molecule has 1 aliphatic carbocycles. The van der Waals surface area contributed by atoms with Crippen molar-refractivity contribution in [1.82, 2.24) is 15.3 Å². The molecule has 1 aromatic carbocycles. The molecule has 0 bridgehead atoms. The molecule has 2 fully saturated rings. The number of hydrogen-bond acceptors (Lipinski definition) is 9. The number of fused-ring (bicyclic) bond motifs is 1. The van der Waals surface area contributed by atoms with E-state index in [2.05, 4.69) is 31.1 Å². The molecular formula is C32H39N3O5S. The van der Waals surface area contributed by atoms with E-state index in [1.54, 1.807) is 31.4 Å². The van der Waals surface area contributed by atoms with Crippen LogP contribution >= 0.6 is 11.3 Å². The number of Topliss-reactive ketones (excluding diaryl/α,β-unsaturated/α-hetero) is 1. The zero-order chi connectivity index (χ0) is 29.5. The third-order valence-corrected chi connectivity index (χ3v) is 9.45. The molecule has 0 unspecified atom stereocenters. The van der Waals surface area contributed by atoms with Crippen molar-refractivity contribution in [2.75, 3.05) is 20.3 Å². The average molecular weight is 578 g/mol. The highest BCUT2D eigenvalue weighted by molar-refractivity contribution is 7.13. The van der Waals surface area contributed by atoms with Crippen LogP contribution in [0, 0.1) is 24.2 Å². The Morgan fingerprint density at radius 2 is 2.05 bits per heavy atom. The zero-order valence-corrected chi connectivity index (χ0v) is 25.5. The molecule has 9 heteroatoms. The first-order chi connectivity index (χ1) is 19.6. The second-order valence-electron chi connectivity index (χ2n) is 11.5. The minimum Gasteiger partial charge on any atom is -0.496 e. The van der Waals surface area contributed by atoms with E-state index >= 15 is 0 Å². The highest BCUT2D eigenvalue weighted by Crippen LogP contribution is 2.57. The van der Waals surface area contributed by atoms with Crippen LogP contribution in [0.5, 0.6) is 11.5 Å². The minimum absolute atomic E-state index is 0.00543. The van der Waals surface area contributed by atoms with Crippen LogP contribution in [0.2, 0.25) is 0 Å². The molecule has 41 heavy (non-hydrogen) atoms. The van der Waals surface area contributed by atoms with Crippen molar-refractivity contribution >= 4 is 34.0 Å². The molecule has 3 heterocycles. The second-order valence-corrected chi connectivity index (χ2v) is 12.4. The number of hydrogen-bond donors (Lipinski definition) is 1. The Bertz CT molecular complexity index is 1480. The number of aryl methyl sites for hydroxylation is 1. The summed E-state index contributed by atoms with van der Waals surface area (Å²) in [6, 6.07) is 5.43. The van der Waals surface area contributed by atoms with Crippen LogP contribution in [-0.4, -0.2) is 54.1 Å². The fourth-order valence-electron chi connectivity index (χ4n) is 5.87. The van der Waals surface area contributed by atoms with Crippen LogP contribution in [0.25, 0.3) is 21.6 Å². The summed E-state index contributed by atoms with van der Waals surface area (Å²) in [4.78, 5) is 36.1. The van der Waals surface area contributed by atoms with Crippen molar-refractivity contribution in [3.63, 3.8) is 0 Å². The molecule has 3 aromatic rings. The number of benzene rings is 1. The van der Waals surface area contributed by atoms with Gasteiger partial charge in [-0.1, -0.05) is 26.8 Å². The lowest BCUT2D eigenvalue weighted by atomic mass is 9.88. The predicted octanol–water partition coefficient (Wildman–Crippen LogP) is 5.87. The van der Waals surface area contributed by atoms with Crippen LogP contribution in [-0.2, 0) is 14.3 Å². The number of nitrogens with one attached hydrogen (secondary N) is 1. The highest BCUT2D eigenvalue weighted by atomic mass is 32.1. The van der Waals surface area contributed by atoms with Gasteiger partial charge in [-0.05, 0) is 44.2 Å². The van der Waals surface area contributed by atoms with E-state index in [-0.39, 0.29) is 36.1 Å². The van der Waals surface area contributed by atoms with Gasteiger partial charge in [0.05, 0.1) is 36.4 Å². The molecule has 0 spiro atoms. The van der Waals surface area contributed by atoms with Crippen molar-refractivity contribution in [2.45, 2.75) is 65.5 Å². The molecule has 5 atom stereocenters. The number of carbonyl (C=O) groups excluding carboxylic acids is 2. The number of thiazole rings is 1. The number of aromatic nitrogens is 2. The van der Waals surface area contributed by atoms with Crippen molar-refractivity contribution in [2.24, 2.45) is 17.3 Å². The van der Waals surface area contributed by atoms with Gasteiger partial charge in [-0.25, -0.2) is 9.97 Å². The number of ketones is 1.